The summed E-state index contributed by atoms with van der Waals surface area (Å²) in [4.78, 5) is 66.0. The lowest BCUT2D eigenvalue weighted by Crippen LogP contribution is -2.57. The molecule has 0 aliphatic carbocycles. The maximum atomic E-state index is 13.5. The highest BCUT2D eigenvalue weighted by molar-refractivity contribution is 5.94. The van der Waals surface area contributed by atoms with Gasteiger partial charge in [0.2, 0.25) is 17.7 Å². The molecule has 1 aliphatic rings. The Balaban J connectivity index is 1.49. The number of benzene rings is 1. The van der Waals surface area contributed by atoms with Gasteiger partial charge in [-0.05, 0) is 43.9 Å². The van der Waals surface area contributed by atoms with Crippen LogP contribution in [0.4, 0.5) is 0 Å². The Morgan fingerprint density at radius 1 is 1.02 bits per heavy atom. The summed E-state index contributed by atoms with van der Waals surface area (Å²) >= 11 is 0. The number of hydrogen-bond donors (Lipinski definition) is 9. The summed E-state index contributed by atoms with van der Waals surface area (Å²) in [6.45, 7) is 0.949. The number of carboxylic acids is 1. The molecule has 15 heteroatoms. The number of aromatic nitrogens is 3. The average Bonchev–Trinajstić information content (AvgIpc) is 3.77. The second kappa shape index (κ2) is 14.8. The van der Waals surface area contributed by atoms with Crippen LogP contribution in [0.15, 0.2) is 48.0 Å². The minimum atomic E-state index is -1.27. The number of nitrogens with one attached hydrogen (secondary N) is 6. The molecular formula is C28H38N10O5. The number of fused-ring (bicyclic) bond motifs is 1. The smallest absolute Gasteiger partial charge is 0.326 e. The zero-order valence-electron chi connectivity index (χ0n) is 23.6. The average molecular weight is 595 g/mol. The number of imidazole rings is 1. The zero-order valence-corrected chi connectivity index (χ0v) is 23.6. The fourth-order valence-electron chi connectivity index (χ4n) is 5.04. The van der Waals surface area contributed by atoms with Crippen molar-refractivity contribution in [2.45, 2.75) is 62.7 Å². The van der Waals surface area contributed by atoms with Crippen molar-refractivity contribution in [3.8, 4) is 0 Å². The lowest BCUT2D eigenvalue weighted by Gasteiger charge is -2.25. The molecule has 15 nitrogen and oxygen atoms in total. The fraction of sp³-hybridized carbons (Fsp3) is 0.429. The normalized spacial score (nSPS) is 16.6. The molecule has 4 unspecified atom stereocenters. The number of carbonyl (C=O) groups excluding carboxylic acids is 3. The van der Waals surface area contributed by atoms with Crippen molar-refractivity contribution < 1.29 is 24.3 Å². The van der Waals surface area contributed by atoms with Crippen molar-refractivity contribution in [1.82, 2.24) is 36.2 Å². The largest absolute Gasteiger partial charge is 0.480 e. The van der Waals surface area contributed by atoms with Crippen LogP contribution in [0.1, 0.15) is 36.9 Å². The Kier molecular flexibility index (Phi) is 10.7. The number of hydrogen-bond acceptors (Lipinski definition) is 7. The number of rotatable bonds is 15. The molecular weight excluding hydrogens is 556 g/mol. The van der Waals surface area contributed by atoms with E-state index in [0.717, 1.165) is 22.9 Å². The number of aromatic amines is 2. The SMILES string of the molecule is NC(N)=NCCCC(NC(=O)C1CCCN1)C(=O)NC(Cc1cnc[nH]1)C(=O)NC(Cc1c[nH]c2ccccc12)C(=O)O. The molecule has 0 saturated carbocycles. The number of para-hydroxylation sites is 1. The molecule has 43 heavy (non-hydrogen) atoms. The van der Waals surface area contributed by atoms with Crippen molar-refractivity contribution in [2.24, 2.45) is 16.5 Å². The van der Waals surface area contributed by atoms with E-state index in [2.05, 4.69) is 41.2 Å². The van der Waals surface area contributed by atoms with E-state index in [0.29, 0.717) is 25.1 Å². The summed E-state index contributed by atoms with van der Waals surface area (Å²) in [5.41, 5.74) is 12.9. The lowest BCUT2D eigenvalue weighted by molar-refractivity contribution is -0.142. The molecule has 11 N–H and O–H groups in total. The monoisotopic (exact) mass is 594 g/mol. The number of aliphatic carboxylic acids is 1. The van der Waals surface area contributed by atoms with E-state index in [1.165, 1.54) is 12.5 Å². The second-order valence-electron chi connectivity index (χ2n) is 10.5. The van der Waals surface area contributed by atoms with Gasteiger partial charge in [-0.2, -0.15) is 0 Å². The predicted molar refractivity (Wildman–Crippen MR) is 159 cm³/mol. The van der Waals surface area contributed by atoms with Gasteiger partial charge in [0.05, 0.1) is 12.4 Å². The molecule has 3 aromatic rings. The van der Waals surface area contributed by atoms with Gasteiger partial charge >= 0.3 is 5.97 Å². The van der Waals surface area contributed by atoms with Crippen LogP contribution in [-0.4, -0.2) is 87.0 Å². The van der Waals surface area contributed by atoms with Gasteiger partial charge in [-0.15, -0.1) is 0 Å². The summed E-state index contributed by atoms with van der Waals surface area (Å²) in [5.74, 6) is -2.92. The van der Waals surface area contributed by atoms with Crippen LogP contribution in [0, 0.1) is 0 Å². The van der Waals surface area contributed by atoms with Gasteiger partial charge in [-0.1, -0.05) is 18.2 Å². The van der Waals surface area contributed by atoms with E-state index in [1.807, 2.05) is 24.3 Å². The first-order valence-corrected chi connectivity index (χ1v) is 14.2. The van der Waals surface area contributed by atoms with Crippen LogP contribution in [0.3, 0.4) is 0 Å². The second-order valence-corrected chi connectivity index (χ2v) is 10.5. The fourth-order valence-corrected chi connectivity index (χ4v) is 5.04. The van der Waals surface area contributed by atoms with E-state index in [4.69, 9.17) is 11.5 Å². The van der Waals surface area contributed by atoms with Gasteiger partial charge in [0.1, 0.15) is 18.1 Å². The van der Waals surface area contributed by atoms with Gasteiger partial charge < -0.3 is 47.8 Å². The highest BCUT2D eigenvalue weighted by Crippen LogP contribution is 2.19. The van der Waals surface area contributed by atoms with Gasteiger partial charge in [0.15, 0.2) is 5.96 Å². The minimum absolute atomic E-state index is 0.00977. The number of H-pyrrole nitrogens is 2. The van der Waals surface area contributed by atoms with Crippen LogP contribution >= 0.6 is 0 Å². The molecule has 4 atom stereocenters. The van der Waals surface area contributed by atoms with E-state index in [-0.39, 0.29) is 37.7 Å². The molecule has 4 rings (SSSR count). The number of guanidine groups is 1. The van der Waals surface area contributed by atoms with Gasteiger partial charge in [0, 0.05) is 48.4 Å². The van der Waals surface area contributed by atoms with Crippen molar-refractivity contribution in [3.05, 3.63) is 54.2 Å². The third-order valence-corrected chi connectivity index (χ3v) is 7.28. The summed E-state index contributed by atoms with van der Waals surface area (Å²) in [6.07, 6.45) is 6.77. The van der Waals surface area contributed by atoms with E-state index >= 15 is 0 Å². The standard InChI is InChI=1S/C28H38N10O5/c29-28(30)33-10-4-8-21(36-24(39)20-7-3-9-32-20)25(40)37-22(12-17-14-31-15-35-17)26(41)38-23(27(42)43)11-16-13-34-19-6-2-1-5-18(16)19/h1-2,5-6,13-15,20-23,32,34H,3-4,7-12H2,(H,31,35)(H,36,39)(H,37,40)(H,38,41)(H,42,43)(H4,29,30,33). The van der Waals surface area contributed by atoms with E-state index < -0.39 is 42.0 Å². The number of carbonyl (C=O) groups is 4. The first kappa shape index (κ1) is 31.0. The molecule has 3 amide bonds. The molecule has 3 heterocycles. The topological polar surface area (TPSA) is 245 Å². The van der Waals surface area contributed by atoms with Crippen molar-refractivity contribution in [1.29, 1.82) is 0 Å². The van der Waals surface area contributed by atoms with Crippen molar-refractivity contribution >= 4 is 40.6 Å². The molecule has 0 radical (unpaired) electrons. The van der Waals surface area contributed by atoms with Gasteiger partial charge in [-0.25, -0.2) is 9.78 Å². The van der Waals surface area contributed by atoms with E-state index in [9.17, 15) is 24.3 Å². The number of amides is 3. The Hall–Kier alpha value is -4.92. The summed E-state index contributed by atoms with van der Waals surface area (Å²) in [6, 6.07) is 3.61. The number of nitrogens with zero attached hydrogens (tertiary/aromatic N) is 2. The molecule has 1 fully saturated rings. The number of nitrogens with two attached hydrogens (primary N) is 2. The third-order valence-electron chi connectivity index (χ3n) is 7.28. The van der Waals surface area contributed by atoms with Crippen LogP contribution in [0.25, 0.3) is 10.9 Å². The number of carboxylic acid groups (broad SMARTS) is 1. The van der Waals surface area contributed by atoms with Crippen molar-refractivity contribution in [2.75, 3.05) is 13.1 Å². The lowest BCUT2D eigenvalue weighted by atomic mass is 10.0. The molecule has 0 spiro atoms. The van der Waals surface area contributed by atoms with Crippen LogP contribution in [0.5, 0.6) is 0 Å². The Labute approximate surface area is 247 Å². The van der Waals surface area contributed by atoms with Crippen LogP contribution in [-0.2, 0) is 32.0 Å². The highest BCUT2D eigenvalue weighted by atomic mass is 16.4. The first-order valence-electron chi connectivity index (χ1n) is 14.2. The first-order chi connectivity index (χ1) is 20.7. The minimum Gasteiger partial charge on any atom is -0.480 e. The summed E-state index contributed by atoms with van der Waals surface area (Å²) in [5, 5.41) is 22.0. The third kappa shape index (κ3) is 8.78. The van der Waals surface area contributed by atoms with Gasteiger partial charge in [0.25, 0.3) is 0 Å². The van der Waals surface area contributed by atoms with Crippen LogP contribution in [0.2, 0.25) is 0 Å². The van der Waals surface area contributed by atoms with Gasteiger partial charge in [-0.3, -0.25) is 19.4 Å². The molecule has 230 valence electrons. The maximum absolute atomic E-state index is 13.5. The number of aliphatic imine (C=N–C) groups is 1. The van der Waals surface area contributed by atoms with Crippen LogP contribution < -0.4 is 32.7 Å². The Bertz CT molecular complexity index is 1430. The van der Waals surface area contributed by atoms with E-state index in [1.54, 1.807) is 6.20 Å². The molecule has 2 aromatic heterocycles. The predicted octanol–water partition coefficient (Wildman–Crippen LogP) is -0.979. The molecule has 1 aliphatic heterocycles. The molecule has 0 bridgehead atoms. The molecule has 1 aromatic carbocycles. The zero-order chi connectivity index (χ0) is 30.8. The Morgan fingerprint density at radius 2 is 1.79 bits per heavy atom. The Morgan fingerprint density at radius 3 is 2.49 bits per heavy atom. The van der Waals surface area contributed by atoms with Crippen molar-refractivity contribution in [3.63, 3.8) is 0 Å². The summed E-state index contributed by atoms with van der Waals surface area (Å²) in [7, 11) is 0. The summed E-state index contributed by atoms with van der Waals surface area (Å²) < 4.78 is 0. The quantitative estimate of drug-likeness (QED) is 0.0595. The maximum Gasteiger partial charge on any atom is 0.326 e. The molecule has 1 saturated heterocycles. The highest BCUT2D eigenvalue weighted by Gasteiger charge is 2.32.